The summed E-state index contributed by atoms with van der Waals surface area (Å²) in [5.41, 5.74) is 1.21. The Balaban J connectivity index is 1.88. The lowest BCUT2D eigenvalue weighted by Crippen LogP contribution is -2.62. The topological polar surface area (TPSA) is 120 Å². The fourth-order valence-electron chi connectivity index (χ4n) is 2.97. The highest BCUT2D eigenvalue weighted by atomic mass is 35.5. The van der Waals surface area contributed by atoms with E-state index in [0.29, 0.717) is 32.7 Å². The summed E-state index contributed by atoms with van der Waals surface area (Å²) in [7, 11) is 1.47. The highest BCUT2D eigenvalue weighted by Gasteiger charge is 2.43. The van der Waals surface area contributed by atoms with Crippen LogP contribution in [-0.4, -0.2) is 36.1 Å². The lowest BCUT2D eigenvalue weighted by Gasteiger charge is -2.23. The van der Waals surface area contributed by atoms with Gasteiger partial charge in [0, 0.05) is 26.1 Å². The second kappa shape index (κ2) is 9.67. The maximum Gasteiger partial charge on any atom is 0.322 e. The summed E-state index contributed by atoms with van der Waals surface area (Å²) in [4.78, 5) is 33.9. The molecule has 1 aliphatic rings. The Bertz CT molecular complexity index is 1060. The van der Waals surface area contributed by atoms with Crippen LogP contribution in [0.15, 0.2) is 42.5 Å². The molecule has 2 aromatic rings. The van der Waals surface area contributed by atoms with Gasteiger partial charge in [-0.2, -0.15) is 0 Å². The number of benzene rings is 2. The summed E-state index contributed by atoms with van der Waals surface area (Å²) >= 11 is 12.1. The van der Waals surface area contributed by atoms with Gasteiger partial charge < -0.3 is 14.8 Å². The SMILES string of the molecule is COc1cccc(/C=C\C2NC(=O)NC(=O)C2[N+](=O)[O-])c1OCc1ccc(Cl)cc1Cl. The van der Waals surface area contributed by atoms with E-state index in [4.69, 9.17) is 32.7 Å². The molecule has 3 amide bonds. The van der Waals surface area contributed by atoms with E-state index in [0.717, 1.165) is 0 Å². The molecule has 2 aromatic carbocycles. The Kier molecular flexibility index (Phi) is 6.98. The molecule has 2 unspecified atom stereocenters. The van der Waals surface area contributed by atoms with Gasteiger partial charge in [-0.3, -0.25) is 20.2 Å². The first-order valence-electron chi connectivity index (χ1n) is 8.97. The number of nitro groups is 1. The Morgan fingerprint density at radius 1 is 1.23 bits per heavy atom. The number of hydrogen-bond donors (Lipinski definition) is 2. The van der Waals surface area contributed by atoms with Crippen LogP contribution in [0.2, 0.25) is 10.0 Å². The molecule has 0 aromatic heterocycles. The predicted molar refractivity (Wildman–Crippen MR) is 114 cm³/mol. The summed E-state index contributed by atoms with van der Waals surface area (Å²) in [5.74, 6) is -0.206. The number of carbonyl (C=O) groups is 2. The van der Waals surface area contributed by atoms with Crippen molar-refractivity contribution in [2.45, 2.75) is 18.7 Å². The van der Waals surface area contributed by atoms with Crippen molar-refractivity contribution in [2.75, 3.05) is 7.11 Å². The maximum atomic E-state index is 11.8. The van der Waals surface area contributed by atoms with Crippen LogP contribution in [0.3, 0.4) is 0 Å². The number of hydrogen-bond acceptors (Lipinski definition) is 6. The summed E-state index contributed by atoms with van der Waals surface area (Å²) in [6, 6.07) is 6.50. The average Bonchev–Trinajstić information content (AvgIpc) is 2.71. The monoisotopic (exact) mass is 465 g/mol. The number of nitrogens with one attached hydrogen (secondary N) is 2. The molecule has 0 aliphatic carbocycles. The molecular weight excluding hydrogens is 449 g/mol. The van der Waals surface area contributed by atoms with E-state index in [1.165, 1.54) is 19.3 Å². The van der Waals surface area contributed by atoms with E-state index < -0.39 is 28.9 Å². The van der Waals surface area contributed by atoms with Crippen molar-refractivity contribution in [2.24, 2.45) is 0 Å². The van der Waals surface area contributed by atoms with Crippen molar-refractivity contribution in [3.63, 3.8) is 0 Å². The van der Waals surface area contributed by atoms with Crippen LogP contribution < -0.4 is 20.1 Å². The second-order valence-electron chi connectivity index (χ2n) is 6.48. The van der Waals surface area contributed by atoms with Gasteiger partial charge in [0.25, 0.3) is 0 Å². The molecule has 0 bridgehead atoms. The molecule has 31 heavy (non-hydrogen) atoms. The fraction of sp³-hybridized carbons (Fsp3) is 0.200. The molecule has 3 rings (SSSR count). The number of methoxy groups -OCH3 is 1. The highest BCUT2D eigenvalue weighted by molar-refractivity contribution is 6.35. The third-order valence-corrected chi connectivity index (χ3v) is 5.06. The number of amides is 3. The maximum absolute atomic E-state index is 11.8. The lowest BCUT2D eigenvalue weighted by molar-refractivity contribution is -0.510. The summed E-state index contributed by atoms with van der Waals surface area (Å²) in [6.45, 7) is 0.108. The van der Waals surface area contributed by atoms with Gasteiger partial charge in [-0.05, 0) is 18.2 Å². The number of carbonyl (C=O) groups excluding carboxylic acids is 2. The van der Waals surface area contributed by atoms with E-state index in [1.54, 1.807) is 36.4 Å². The molecule has 2 atom stereocenters. The zero-order valence-electron chi connectivity index (χ0n) is 16.1. The molecule has 11 heteroatoms. The van der Waals surface area contributed by atoms with E-state index >= 15 is 0 Å². The number of ether oxygens (including phenoxy) is 2. The minimum absolute atomic E-state index is 0.108. The van der Waals surface area contributed by atoms with Crippen molar-refractivity contribution in [3.8, 4) is 11.5 Å². The number of para-hydroxylation sites is 1. The standard InChI is InChI=1S/C20H17Cl2N3O6/c1-30-16-4-2-3-11(18(16)31-10-12-5-7-13(21)9-14(12)22)6-8-15-17(25(28)29)19(26)24-20(27)23-15/h2-9,15,17H,10H2,1H3,(H2,23,24,26,27)/b8-6-. The Morgan fingerprint density at radius 2 is 2.00 bits per heavy atom. The zero-order valence-corrected chi connectivity index (χ0v) is 17.6. The van der Waals surface area contributed by atoms with Crippen molar-refractivity contribution in [1.29, 1.82) is 0 Å². The van der Waals surface area contributed by atoms with Crippen LogP contribution in [-0.2, 0) is 11.4 Å². The van der Waals surface area contributed by atoms with Gasteiger partial charge in [-0.25, -0.2) is 4.79 Å². The quantitative estimate of drug-likeness (QED) is 0.477. The van der Waals surface area contributed by atoms with Crippen molar-refractivity contribution in [3.05, 3.63) is 73.8 Å². The minimum atomic E-state index is -1.66. The largest absolute Gasteiger partial charge is 0.493 e. The third-order valence-electron chi connectivity index (χ3n) is 4.47. The predicted octanol–water partition coefficient (Wildman–Crippen LogP) is 3.45. The molecule has 0 saturated carbocycles. The van der Waals surface area contributed by atoms with Gasteiger partial charge >= 0.3 is 18.0 Å². The van der Waals surface area contributed by atoms with Crippen molar-refractivity contribution < 1.29 is 24.0 Å². The molecule has 1 heterocycles. The summed E-state index contributed by atoms with van der Waals surface area (Å²) in [5, 5.41) is 16.4. The molecule has 1 aliphatic heterocycles. The molecule has 1 fully saturated rings. The first kappa shape index (κ1) is 22.4. The van der Waals surface area contributed by atoms with Gasteiger partial charge in [-0.15, -0.1) is 0 Å². The zero-order chi connectivity index (χ0) is 22.5. The lowest BCUT2D eigenvalue weighted by atomic mass is 10.0. The highest BCUT2D eigenvalue weighted by Crippen LogP contribution is 2.33. The fourth-order valence-corrected chi connectivity index (χ4v) is 3.43. The van der Waals surface area contributed by atoms with Gasteiger partial charge in [0.05, 0.1) is 7.11 Å². The van der Waals surface area contributed by atoms with Crippen molar-refractivity contribution >= 4 is 41.2 Å². The van der Waals surface area contributed by atoms with Crippen molar-refractivity contribution in [1.82, 2.24) is 10.6 Å². The normalized spacial score (nSPS) is 18.4. The summed E-state index contributed by atoms with van der Waals surface area (Å²) < 4.78 is 11.3. The Morgan fingerprint density at radius 3 is 2.68 bits per heavy atom. The molecule has 9 nitrogen and oxygen atoms in total. The van der Waals surface area contributed by atoms with Gasteiger partial charge in [0.1, 0.15) is 12.6 Å². The van der Waals surface area contributed by atoms with E-state index in [9.17, 15) is 19.7 Å². The molecule has 2 N–H and O–H groups in total. The van der Waals surface area contributed by atoms with E-state index in [2.05, 4.69) is 5.32 Å². The van der Waals surface area contributed by atoms with Crippen LogP contribution in [0.1, 0.15) is 11.1 Å². The second-order valence-corrected chi connectivity index (χ2v) is 7.32. The minimum Gasteiger partial charge on any atom is -0.493 e. The Hall–Kier alpha value is -3.30. The molecule has 162 valence electrons. The van der Waals surface area contributed by atoms with E-state index in [-0.39, 0.29) is 6.61 Å². The number of halogens is 2. The van der Waals surface area contributed by atoms with Crippen LogP contribution in [0, 0.1) is 10.1 Å². The van der Waals surface area contributed by atoms with Gasteiger partial charge in [0.2, 0.25) is 0 Å². The summed E-state index contributed by atoms with van der Waals surface area (Å²) in [6.07, 6.45) is 2.88. The van der Waals surface area contributed by atoms with Crippen LogP contribution >= 0.6 is 23.2 Å². The molecule has 0 radical (unpaired) electrons. The average molecular weight is 466 g/mol. The smallest absolute Gasteiger partial charge is 0.322 e. The first-order chi connectivity index (χ1) is 14.8. The molecule has 1 saturated heterocycles. The van der Waals surface area contributed by atoms with Crippen LogP contribution in [0.25, 0.3) is 6.08 Å². The Labute approximate surface area is 187 Å². The molecular formula is C20H17Cl2N3O6. The number of imide groups is 1. The molecule has 0 spiro atoms. The van der Waals surface area contributed by atoms with E-state index in [1.807, 2.05) is 5.32 Å². The van der Waals surface area contributed by atoms with Gasteiger partial charge in [-0.1, -0.05) is 53.6 Å². The number of nitrogens with zero attached hydrogens (tertiary/aromatic N) is 1. The van der Waals surface area contributed by atoms with Gasteiger partial charge in [0.15, 0.2) is 11.5 Å². The first-order valence-corrected chi connectivity index (χ1v) is 9.72. The number of urea groups is 1. The third kappa shape index (κ3) is 5.25. The van der Waals surface area contributed by atoms with Crippen LogP contribution in [0.5, 0.6) is 11.5 Å². The van der Waals surface area contributed by atoms with Crippen LogP contribution in [0.4, 0.5) is 4.79 Å². The number of rotatable bonds is 7.